The predicted octanol–water partition coefficient (Wildman–Crippen LogP) is 6.02. The number of halogens is 1. The van der Waals surface area contributed by atoms with Crippen molar-refractivity contribution >= 4 is 45.5 Å². The van der Waals surface area contributed by atoms with E-state index in [1.54, 1.807) is 43.3 Å². The molecule has 8 heteroatoms. The first kappa shape index (κ1) is 26.2. The largest absolute Gasteiger partial charge is 0.490 e. The van der Waals surface area contributed by atoms with Crippen LogP contribution >= 0.6 is 15.9 Å². The van der Waals surface area contributed by atoms with Crippen molar-refractivity contribution < 1.29 is 23.9 Å². The molecule has 37 heavy (non-hydrogen) atoms. The van der Waals surface area contributed by atoms with Crippen LogP contribution in [0.25, 0.3) is 6.08 Å². The molecule has 1 aliphatic rings. The van der Waals surface area contributed by atoms with Crippen molar-refractivity contribution in [3.05, 3.63) is 92.5 Å². The van der Waals surface area contributed by atoms with Crippen LogP contribution in [0.2, 0.25) is 0 Å². The second kappa shape index (κ2) is 11.0. The fourth-order valence-electron chi connectivity index (χ4n) is 3.97. The van der Waals surface area contributed by atoms with E-state index in [1.165, 1.54) is 17.2 Å². The van der Waals surface area contributed by atoms with E-state index >= 15 is 0 Å². The highest BCUT2D eigenvalue weighted by atomic mass is 79.9. The smallest absolute Gasteiger partial charge is 0.335 e. The molecule has 1 saturated heterocycles. The first-order valence-corrected chi connectivity index (χ1v) is 12.6. The number of hydrogen-bond acceptors (Lipinski definition) is 5. The predicted molar refractivity (Wildman–Crippen MR) is 146 cm³/mol. The van der Waals surface area contributed by atoms with Crippen LogP contribution in [-0.2, 0) is 16.2 Å². The highest BCUT2D eigenvalue weighted by Gasteiger charge is 2.37. The lowest BCUT2D eigenvalue weighted by Gasteiger charge is -2.27. The maximum absolute atomic E-state index is 13.3. The topological polar surface area (TPSA) is 84.9 Å². The maximum atomic E-state index is 13.3. The Morgan fingerprint density at radius 2 is 1.65 bits per heavy atom. The molecule has 3 aromatic carbocycles. The van der Waals surface area contributed by atoms with Crippen molar-refractivity contribution in [1.82, 2.24) is 5.32 Å². The number of carbonyl (C=O) groups excluding carboxylic acids is 3. The monoisotopic (exact) mass is 562 g/mol. The molecule has 0 aliphatic carbocycles. The van der Waals surface area contributed by atoms with E-state index in [-0.39, 0.29) is 5.57 Å². The molecule has 0 spiro atoms. The molecule has 0 unspecified atom stereocenters. The summed E-state index contributed by atoms with van der Waals surface area (Å²) in [5.74, 6) is -0.425. The van der Waals surface area contributed by atoms with Gasteiger partial charge >= 0.3 is 6.03 Å². The number of amides is 4. The highest BCUT2D eigenvalue weighted by molar-refractivity contribution is 9.10. The van der Waals surface area contributed by atoms with Crippen molar-refractivity contribution in [2.45, 2.75) is 34.3 Å². The minimum Gasteiger partial charge on any atom is -0.490 e. The van der Waals surface area contributed by atoms with Gasteiger partial charge in [-0.1, -0.05) is 40.2 Å². The summed E-state index contributed by atoms with van der Waals surface area (Å²) >= 11 is 3.38. The highest BCUT2D eigenvalue weighted by Crippen LogP contribution is 2.32. The van der Waals surface area contributed by atoms with Gasteiger partial charge in [0.15, 0.2) is 11.5 Å². The van der Waals surface area contributed by atoms with Crippen LogP contribution in [0.3, 0.4) is 0 Å². The molecule has 0 aromatic heterocycles. The quantitative estimate of drug-likeness (QED) is 0.281. The van der Waals surface area contributed by atoms with E-state index in [0.29, 0.717) is 41.5 Å². The van der Waals surface area contributed by atoms with Crippen LogP contribution in [0.1, 0.15) is 34.7 Å². The number of imide groups is 2. The molecule has 0 saturated carbocycles. The van der Waals surface area contributed by atoms with Gasteiger partial charge in [0.1, 0.15) is 12.2 Å². The SMILES string of the molecule is CCOc1cc(/C=C2/C(=O)NC(=O)N(c3ccc(Br)cc3C)C2=O)ccc1OCc1ccc(C)c(C)c1. The summed E-state index contributed by atoms with van der Waals surface area (Å²) in [4.78, 5) is 39.4. The summed E-state index contributed by atoms with van der Waals surface area (Å²) in [6.07, 6.45) is 1.45. The molecule has 1 N–H and O–H groups in total. The zero-order valence-corrected chi connectivity index (χ0v) is 22.6. The molecule has 1 aliphatic heterocycles. The molecule has 0 radical (unpaired) electrons. The molecule has 1 heterocycles. The zero-order chi connectivity index (χ0) is 26.7. The number of nitrogens with one attached hydrogen (secondary N) is 1. The first-order valence-electron chi connectivity index (χ1n) is 11.8. The molecular formula is C29H27BrN2O5. The Balaban J connectivity index is 1.62. The molecule has 4 amide bonds. The van der Waals surface area contributed by atoms with Gasteiger partial charge in [-0.05, 0) is 91.9 Å². The van der Waals surface area contributed by atoms with Crippen molar-refractivity contribution in [2.75, 3.05) is 11.5 Å². The molecule has 0 bridgehead atoms. The van der Waals surface area contributed by atoms with Crippen molar-refractivity contribution in [3.8, 4) is 11.5 Å². The minimum absolute atomic E-state index is 0.159. The number of barbiturate groups is 1. The normalized spacial score (nSPS) is 14.7. The van der Waals surface area contributed by atoms with Crippen LogP contribution < -0.4 is 19.7 Å². The molecule has 4 rings (SSSR count). The van der Waals surface area contributed by atoms with Crippen LogP contribution in [0.15, 0.2) is 64.6 Å². The second-order valence-corrected chi connectivity index (χ2v) is 9.65. The van der Waals surface area contributed by atoms with Crippen LogP contribution in [0.4, 0.5) is 10.5 Å². The Kier molecular flexibility index (Phi) is 7.78. The summed E-state index contributed by atoms with van der Waals surface area (Å²) in [7, 11) is 0. The third-order valence-corrected chi connectivity index (χ3v) is 6.54. The molecule has 1 fully saturated rings. The average Bonchev–Trinajstić information content (AvgIpc) is 2.84. The minimum atomic E-state index is -0.789. The zero-order valence-electron chi connectivity index (χ0n) is 21.1. The summed E-state index contributed by atoms with van der Waals surface area (Å²) < 4.78 is 12.6. The van der Waals surface area contributed by atoms with E-state index in [4.69, 9.17) is 9.47 Å². The van der Waals surface area contributed by atoms with Crippen molar-refractivity contribution in [2.24, 2.45) is 0 Å². The van der Waals surface area contributed by atoms with Gasteiger partial charge in [-0.25, -0.2) is 9.69 Å². The Morgan fingerprint density at radius 3 is 2.35 bits per heavy atom. The number of ether oxygens (including phenoxy) is 2. The number of anilines is 1. The van der Waals surface area contributed by atoms with Gasteiger partial charge in [-0.2, -0.15) is 0 Å². The van der Waals surface area contributed by atoms with Gasteiger partial charge in [0.05, 0.1) is 12.3 Å². The van der Waals surface area contributed by atoms with Crippen molar-refractivity contribution in [1.29, 1.82) is 0 Å². The number of aryl methyl sites for hydroxylation is 3. The van der Waals surface area contributed by atoms with Crippen LogP contribution in [0, 0.1) is 20.8 Å². The Morgan fingerprint density at radius 1 is 0.865 bits per heavy atom. The number of carbonyl (C=O) groups is 3. The Hall–Kier alpha value is -3.91. The first-order chi connectivity index (χ1) is 17.7. The summed E-state index contributed by atoms with van der Waals surface area (Å²) in [5.41, 5.74) is 4.94. The van der Waals surface area contributed by atoms with E-state index in [2.05, 4.69) is 47.2 Å². The van der Waals surface area contributed by atoms with Gasteiger partial charge in [0.25, 0.3) is 11.8 Å². The molecule has 7 nitrogen and oxygen atoms in total. The van der Waals surface area contributed by atoms with Gasteiger partial charge in [-0.3, -0.25) is 14.9 Å². The molecule has 0 atom stereocenters. The average molecular weight is 563 g/mol. The van der Waals surface area contributed by atoms with Gasteiger partial charge < -0.3 is 9.47 Å². The standard InChI is InChI=1S/C29H27BrN2O5/c1-5-36-26-15-20(8-11-25(26)37-16-21-7-6-17(2)18(3)12-21)14-23-27(33)31-29(35)32(28(23)34)24-10-9-22(30)13-19(24)4/h6-15H,5,16H2,1-4H3,(H,31,33,35)/b23-14-. The van der Waals surface area contributed by atoms with E-state index in [9.17, 15) is 14.4 Å². The van der Waals surface area contributed by atoms with Crippen LogP contribution in [-0.4, -0.2) is 24.5 Å². The molecular weight excluding hydrogens is 536 g/mol. The lowest BCUT2D eigenvalue weighted by atomic mass is 10.1. The number of benzene rings is 3. The van der Waals surface area contributed by atoms with Crippen molar-refractivity contribution in [3.63, 3.8) is 0 Å². The molecule has 3 aromatic rings. The lowest BCUT2D eigenvalue weighted by molar-refractivity contribution is -0.122. The summed E-state index contributed by atoms with van der Waals surface area (Å²) in [5, 5.41) is 2.26. The lowest BCUT2D eigenvalue weighted by Crippen LogP contribution is -2.54. The fourth-order valence-corrected chi connectivity index (χ4v) is 4.44. The second-order valence-electron chi connectivity index (χ2n) is 8.74. The van der Waals surface area contributed by atoms with E-state index in [1.807, 2.05) is 13.0 Å². The summed E-state index contributed by atoms with van der Waals surface area (Å²) in [6, 6.07) is 15.7. The molecule has 190 valence electrons. The Labute approximate surface area is 224 Å². The number of urea groups is 1. The number of nitrogens with zero attached hydrogens (tertiary/aromatic N) is 1. The van der Waals surface area contributed by atoms with Gasteiger partial charge in [0, 0.05) is 4.47 Å². The fraction of sp³-hybridized carbons (Fsp3) is 0.207. The number of hydrogen-bond donors (Lipinski definition) is 1. The van der Waals surface area contributed by atoms with E-state index in [0.717, 1.165) is 14.9 Å². The van der Waals surface area contributed by atoms with Gasteiger partial charge in [-0.15, -0.1) is 0 Å². The van der Waals surface area contributed by atoms with Crippen LogP contribution in [0.5, 0.6) is 11.5 Å². The maximum Gasteiger partial charge on any atom is 0.335 e. The van der Waals surface area contributed by atoms with E-state index < -0.39 is 17.8 Å². The third-order valence-electron chi connectivity index (χ3n) is 6.05. The van der Waals surface area contributed by atoms with Gasteiger partial charge in [0.2, 0.25) is 0 Å². The summed E-state index contributed by atoms with van der Waals surface area (Å²) in [6.45, 7) is 8.54. The number of rotatable bonds is 7. The Bertz CT molecular complexity index is 1430. The third kappa shape index (κ3) is 5.75.